The number of aliphatic imine (C=N–C) groups is 1. The SMILES string of the molecule is CCCCCCCCCCCCCCCCOc1ccc(C(=O)Oc2ccc(C=Nc3ccc4ccccc4c3)cc2)cc1. The van der Waals surface area contributed by atoms with Crippen LogP contribution in [-0.4, -0.2) is 18.8 Å². The Morgan fingerprint density at radius 3 is 1.82 bits per heavy atom. The Labute approximate surface area is 264 Å². The van der Waals surface area contributed by atoms with E-state index in [-0.39, 0.29) is 5.97 Å². The van der Waals surface area contributed by atoms with Gasteiger partial charge in [-0.15, -0.1) is 0 Å². The number of carbonyl (C=O) groups excluding carboxylic acids is 1. The van der Waals surface area contributed by atoms with Gasteiger partial charge in [-0.05, 0) is 83.4 Å². The van der Waals surface area contributed by atoms with Crippen LogP contribution in [0.5, 0.6) is 11.5 Å². The number of fused-ring (bicyclic) bond motifs is 1. The minimum absolute atomic E-state index is 0.388. The lowest BCUT2D eigenvalue weighted by molar-refractivity contribution is 0.0734. The first kappa shape index (κ1) is 33.0. The van der Waals surface area contributed by atoms with Gasteiger partial charge in [0.05, 0.1) is 17.9 Å². The second kappa shape index (κ2) is 19.4. The second-order valence-electron chi connectivity index (χ2n) is 11.7. The lowest BCUT2D eigenvalue weighted by Crippen LogP contribution is -2.08. The molecule has 0 radical (unpaired) electrons. The maximum atomic E-state index is 12.6. The van der Waals surface area contributed by atoms with Gasteiger partial charge in [-0.1, -0.05) is 121 Å². The number of carbonyl (C=O) groups is 1. The van der Waals surface area contributed by atoms with E-state index in [2.05, 4.69) is 36.2 Å². The molecule has 0 bridgehead atoms. The number of benzene rings is 4. The zero-order valence-electron chi connectivity index (χ0n) is 26.5. The van der Waals surface area contributed by atoms with Crippen LogP contribution in [0.3, 0.4) is 0 Å². The maximum Gasteiger partial charge on any atom is 0.343 e. The molecule has 232 valence electrons. The highest BCUT2D eigenvalue weighted by Gasteiger charge is 2.09. The van der Waals surface area contributed by atoms with E-state index in [4.69, 9.17) is 9.47 Å². The number of rotatable bonds is 20. The Morgan fingerprint density at radius 2 is 1.18 bits per heavy atom. The number of hydrogen-bond acceptors (Lipinski definition) is 4. The molecule has 4 heteroatoms. The van der Waals surface area contributed by atoms with Gasteiger partial charge in [-0.25, -0.2) is 4.79 Å². The molecule has 0 aromatic heterocycles. The Morgan fingerprint density at radius 1 is 0.614 bits per heavy atom. The van der Waals surface area contributed by atoms with Crippen molar-refractivity contribution in [3.8, 4) is 11.5 Å². The molecular weight excluding hydrogens is 542 g/mol. The lowest BCUT2D eigenvalue weighted by atomic mass is 10.0. The van der Waals surface area contributed by atoms with Crippen molar-refractivity contribution >= 4 is 28.6 Å². The lowest BCUT2D eigenvalue weighted by Gasteiger charge is -2.08. The first-order chi connectivity index (χ1) is 21.7. The summed E-state index contributed by atoms with van der Waals surface area (Å²) < 4.78 is 11.5. The molecule has 4 rings (SSSR count). The zero-order valence-corrected chi connectivity index (χ0v) is 26.5. The quantitative estimate of drug-likeness (QED) is 0.0444. The fourth-order valence-corrected chi connectivity index (χ4v) is 5.37. The normalized spacial score (nSPS) is 11.3. The summed E-state index contributed by atoms with van der Waals surface area (Å²) in [4.78, 5) is 17.2. The Hall–Kier alpha value is -3.92. The van der Waals surface area contributed by atoms with Crippen molar-refractivity contribution < 1.29 is 14.3 Å². The van der Waals surface area contributed by atoms with Crippen molar-refractivity contribution in [2.24, 2.45) is 4.99 Å². The highest BCUT2D eigenvalue weighted by Crippen LogP contribution is 2.22. The zero-order chi connectivity index (χ0) is 30.7. The highest BCUT2D eigenvalue weighted by molar-refractivity contribution is 5.91. The Kier molecular flexibility index (Phi) is 14.5. The van der Waals surface area contributed by atoms with Crippen molar-refractivity contribution in [2.75, 3.05) is 6.61 Å². The number of hydrogen-bond donors (Lipinski definition) is 0. The van der Waals surface area contributed by atoms with Crippen molar-refractivity contribution in [1.29, 1.82) is 0 Å². The van der Waals surface area contributed by atoms with Crippen LogP contribution in [0.15, 0.2) is 96.0 Å². The summed E-state index contributed by atoms with van der Waals surface area (Å²) in [5.41, 5.74) is 2.32. The van der Waals surface area contributed by atoms with Gasteiger partial charge >= 0.3 is 5.97 Å². The molecule has 44 heavy (non-hydrogen) atoms. The number of ether oxygens (including phenoxy) is 2. The van der Waals surface area contributed by atoms with Gasteiger partial charge < -0.3 is 9.47 Å². The average Bonchev–Trinajstić information content (AvgIpc) is 3.06. The third kappa shape index (κ3) is 12.0. The second-order valence-corrected chi connectivity index (χ2v) is 11.7. The minimum atomic E-state index is -0.388. The van der Waals surface area contributed by atoms with Gasteiger partial charge in [0.1, 0.15) is 11.5 Å². The van der Waals surface area contributed by atoms with E-state index in [1.807, 2.05) is 48.7 Å². The van der Waals surface area contributed by atoms with Crippen LogP contribution in [0.25, 0.3) is 10.8 Å². The van der Waals surface area contributed by atoms with Crippen LogP contribution >= 0.6 is 0 Å². The third-order valence-electron chi connectivity index (χ3n) is 8.04. The molecule has 0 saturated heterocycles. The molecule has 0 aliphatic heterocycles. The van der Waals surface area contributed by atoms with Gasteiger partial charge in [-0.3, -0.25) is 4.99 Å². The summed E-state index contributed by atoms with van der Waals surface area (Å²) in [6, 6.07) is 28.9. The van der Waals surface area contributed by atoms with E-state index in [9.17, 15) is 4.79 Å². The number of nitrogens with zero attached hydrogens (tertiary/aromatic N) is 1. The minimum Gasteiger partial charge on any atom is -0.494 e. The molecule has 0 spiro atoms. The summed E-state index contributed by atoms with van der Waals surface area (Å²) in [5, 5.41) is 2.36. The summed E-state index contributed by atoms with van der Waals surface area (Å²) in [7, 11) is 0. The monoisotopic (exact) mass is 591 g/mol. The summed E-state index contributed by atoms with van der Waals surface area (Å²) >= 11 is 0. The molecule has 0 atom stereocenters. The average molecular weight is 592 g/mol. The summed E-state index contributed by atoms with van der Waals surface area (Å²) in [6.45, 7) is 2.98. The molecule has 0 aliphatic carbocycles. The van der Waals surface area contributed by atoms with Gasteiger partial charge in [0, 0.05) is 6.21 Å². The molecular formula is C40H49NO3. The molecule has 0 amide bonds. The fraction of sp³-hybridized carbons (Fsp3) is 0.400. The Bertz CT molecular complexity index is 1410. The molecule has 4 nitrogen and oxygen atoms in total. The standard InChI is InChI=1S/C40H49NO3/c1-2-3-4-5-6-7-8-9-10-11-12-13-14-17-30-43-38-28-23-35(24-29-38)40(42)44-39-26-20-33(21-27-39)32-41-37-25-22-34-18-15-16-19-36(34)31-37/h15-16,18-29,31-32H,2-14,17,30H2,1H3. The van der Waals surface area contributed by atoms with Gasteiger partial charge in [0.25, 0.3) is 0 Å². The molecule has 0 saturated carbocycles. The van der Waals surface area contributed by atoms with E-state index >= 15 is 0 Å². The van der Waals surface area contributed by atoms with E-state index in [1.165, 1.54) is 88.9 Å². The van der Waals surface area contributed by atoms with E-state index in [0.29, 0.717) is 17.9 Å². The maximum absolute atomic E-state index is 12.6. The molecule has 0 fully saturated rings. The summed E-state index contributed by atoms with van der Waals surface area (Å²) in [6.07, 6.45) is 20.7. The first-order valence-electron chi connectivity index (χ1n) is 16.8. The molecule has 0 heterocycles. The predicted octanol–water partition coefficient (Wildman–Crippen LogP) is 11.7. The van der Waals surface area contributed by atoms with Crippen LogP contribution in [0.4, 0.5) is 5.69 Å². The molecule has 4 aromatic carbocycles. The van der Waals surface area contributed by atoms with Gasteiger partial charge in [0.2, 0.25) is 0 Å². The van der Waals surface area contributed by atoms with Crippen molar-refractivity contribution in [1.82, 2.24) is 0 Å². The van der Waals surface area contributed by atoms with Crippen molar-refractivity contribution in [2.45, 2.75) is 96.8 Å². The van der Waals surface area contributed by atoms with E-state index in [0.717, 1.165) is 28.8 Å². The fourth-order valence-electron chi connectivity index (χ4n) is 5.37. The van der Waals surface area contributed by atoms with Crippen LogP contribution in [0.2, 0.25) is 0 Å². The largest absolute Gasteiger partial charge is 0.494 e. The molecule has 4 aromatic rings. The topological polar surface area (TPSA) is 47.9 Å². The van der Waals surface area contributed by atoms with Gasteiger partial charge in [-0.2, -0.15) is 0 Å². The number of esters is 1. The highest BCUT2D eigenvalue weighted by atomic mass is 16.5. The summed E-state index contributed by atoms with van der Waals surface area (Å²) in [5.74, 6) is 0.892. The van der Waals surface area contributed by atoms with E-state index in [1.54, 1.807) is 24.3 Å². The molecule has 0 aliphatic rings. The van der Waals surface area contributed by atoms with Crippen LogP contribution in [0.1, 0.15) is 113 Å². The molecule has 0 unspecified atom stereocenters. The molecule has 0 N–H and O–H groups in total. The Balaban J connectivity index is 1.07. The van der Waals surface area contributed by atoms with Crippen molar-refractivity contribution in [3.05, 3.63) is 102 Å². The predicted molar refractivity (Wildman–Crippen MR) is 185 cm³/mol. The van der Waals surface area contributed by atoms with Crippen LogP contribution in [0, 0.1) is 0 Å². The van der Waals surface area contributed by atoms with Gasteiger partial charge in [0.15, 0.2) is 0 Å². The first-order valence-corrected chi connectivity index (χ1v) is 16.8. The number of unbranched alkanes of at least 4 members (excludes halogenated alkanes) is 13. The van der Waals surface area contributed by atoms with Crippen LogP contribution in [-0.2, 0) is 0 Å². The smallest absolute Gasteiger partial charge is 0.343 e. The van der Waals surface area contributed by atoms with Crippen molar-refractivity contribution in [3.63, 3.8) is 0 Å². The third-order valence-corrected chi connectivity index (χ3v) is 8.04. The van der Waals surface area contributed by atoms with E-state index < -0.39 is 0 Å². The van der Waals surface area contributed by atoms with Crippen LogP contribution < -0.4 is 9.47 Å².